The van der Waals surface area contributed by atoms with Gasteiger partial charge in [0.15, 0.2) is 5.76 Å². The molecule has 2 aromatic carbocycles. The minimum absolute atomic E-state index is 0.171. The molecule has 4 rings (SSSR count). The second kappa shape index (κ2) is 8.52. The maximum atomic E-state index is 12.3. The lowest BCUT2D eigenvalue weighted by Crippen LogP contribution is -2.16. The summed E-state index contributed by atoms with van der Waals surface area (Å²) >= 11 is 2.25. The molecule has 0 aliphatic rings. The predicted molar refractivity (Wildman–Crippen MR) is 119 cm³/mol. The lowest BCUT2D eigenvalue weighted by molar-refractivity contribution is 0.0929. The number of carbonyl (C=O) groups excluding carboxylic acids is 1. The first kappa shape index (κ1) is 19.3. The Morgan fingerprint density at radius 1 is 1.10 bits per heavy atom. The van der Waals surface area contributed by atoms with Crippen LogP contribution in [0.1, 0.15) is 23.2 Å². The summed E-state index contributed by atoms with van der Waals surface area (Å²) < 4.78 is 17.9. The Hall–Kier alpha value is -3.07. The largest absolute Gasteiger partial charge is 0.494 e. The van der Waals surface area contributed by atoms with E-state index < -0.39 is 5.91 Å². The van der Waals surface area contributed by atoms with E-state index in [4.69, 9.17) is 13.6 Å². The van der Waals surface area contributed by atoms with Gasteiger partial charge in [-0.1, -0.05) is 12.1 Å². The number of nitrogens with one attached hydrogen (secondary N) is 1. The van der Waals surface area contributed by atoms with E-state index in [0.29, 0.717) is 18.0 Å². The summed E-state index contributed by atoms with van der Waals surface area (Å²) in [6.07, 6.45) is 1.45. The van der Waals surface area contributed by atoms with Crippen LogP contribution in [0.15, 0.2) is 74.6 Å². The van der Waals surface area contributed by atoms with Crippen LogP contribution in [0.25, 0.3) is 22.3 Å². The van der Waals surface area contributed by atoms with Crippen molar-refractivity contribution in [2.75, 3.05) is 6.61 Å². The molecule has 0 unspecified atom stereocenters. The summed E-state index contributed by atoms with van der Waals surface area (Å²) in [6, 6.07) is 18.7. The van der Waals surface area contributed by atoms with Gasteiger partial charge >= 0.3 is 5.91 Å². The van der Waals surface area contributed by atoms with Gasteiger partial charge in [0.1, 0.15) is 22.9 Å². The third-order valence-corrected chi connectivity index (χ3v) is 4.86. The maximum Gasteiger partial charge on any atom is 0.307 e. The lowest BCUT2D eigenvalue weighted by Gasteiger charge is -2.00. The Kier molecular flexibility index (Phi) is 5.66. The zero-order valence-corrected chi connectivity index (χ0v) is 17.7. The fourth-order valence-corrected chi connectivity index (χ4v) is 3.15. The third kappa shape index (κ3) is 4.51. The van der Waals surface area contributed by atoms with Crippen molar-refractivity contribution < 1.29 is 18.4 Å². The molecule has 0 radical (unpaired) electrons. The van der Waals surface area contributed by atoms with Gasteiger partial charge in [0.05, 0.1) is 12.8 Å². The van der Waals surface area contributed by atoms with Gasteiger partial charge in [0.2, 0.25) is 0 Å². The second-order valence-electron chi connectivity index (χ2n) is 6.15. The highest BCUT2D eigenvalue weighted by molar-refractivity contribution is 14.1. The highest BCUT2D eigenvalue weighted by Gasteiger charge is 2.12. The summed E-state index contributed by atoms with van der Waals surface area (Å²) in [5, 5.41) is 4.74. The van der Waals surface area contributed by atoms with E-state index in [1.54, 1.807) is 24.3 Å². The quantitative estimate of drug-likeness (QED) is 0.217. The van der Waals surface area contributed by atoms with E-state index in [-0.39, 0.29) is 5.76 Å². The van der Waals surface area contributed by atoms with E-state index in [0.717, 1.165) is 26.0 Å². The van der Waals surface area contributed by atoms with Crippen LogP contribution in [-0.4, -0.2) is 18.7 Å². The third-order valence-electron chi connectivity index (χ3n) is 4.14. The monoisotopic (exact) mass is 500 g/mol. The molecule has 146 valence electrons. The van der Waals surface area contributed by atoms with Crippen LogP contribution in [-0.2, 0) is 0 Å². The molecule has 0 saturated heterocycles. The molecule has 0 aliphatic carbocycles. The zero-order chi connectivity index (χ0) is 20.2. The van der Waals surface area contributed by atoms with Gasteiger partial charge in [0, 0.05) is 14.5 Å². The van der Waals surface area contributed by atoms with Gasteiger partial charge < -0.3 is 13.6 Å². The first-order valence-corrected chi connectivity index (χ1v) is 10.1. The van der Waals surface area contributed by atoms with Crippen molar-refractivity contribution in [3.8, 4) is 17.1 Å². The van der Waals surface area contributed by atoms with Crippen LogP contribution >= 0.6 is 22.6 Å². The number of fused-ring (bicyclic) bond motifs is 1. The number of carbonyl (C=O) groups is 1. The number of benzene rings is 2. The van der Waals surface area contributed by atoms with Gasteiger partial charge in [-0.05, 0) is 78.0 Å². The lowest BCUT2D eigenvalue weighted by atomic mass is 10.2. The Morgan fingerprint density at radius 3 is 2.72 bits per heavy atom. The van der Waals surface area contributed by atoms with Crippen LogP contribution in [0.4, 0.5) is 0 Å². The molecule has 7 heteroatoms. The number of hydrogen-bond acceptors (Lipinski definition) is 5. The maximum absolute atomic E-state index is 12.3. The van der Waals surface area contributed by atoms with E-state index in [2.05, 4.69) is 33.1 Å². The number of furan rings is 2. The van der Waals surface area contributed by atoms with Crippen LogP contribution in [0.5, 0.6) is 5.75 Å². The topological polar surface area (TPSA) is 77.0 Å². The SMILES string of the molecule is CCOc1ccc2oc(C(=O)N/N=C/c3ccc(-c4ccc(I)cc4)o3)cc2c1. The molecule has 2 heterocycles. The molecule has 4 aromatic rings. The van der Waals surface area contributed by atoms with Crippen molar-refractivity contribution in [3.63, 3.8) is 0 Å². The number of hydrogen-bond donors (Lipinski definition) is 1. The van der Waals surface area contributed by atoms with E-state index in [1.807, 2.05) is 43.3 Å². The molecule has 0 aliphatic heterocycles. The summed E-state index contributed by atoms with van der Waals surface area (Å²) in [4.78, 5) is 12.3. The summed E-state index contributed by atoms with van der Waals surface area (Å²) in [7, 11) is 0. The van der Waals surface area contributed by atoms with Gasteiger partial charge in [0.25, 0.3) is 0 Å². The summed E-state index contributed by atoms with van der Waals surface area (Å²) in [6.45, 7) is 2.49. The molecule has 0 saturated carbocycles. The summed E-state index contributed by atoms with van der Waals surface area (Å²) in [5.41, 5.74) is 4.03. The Labute approximate surface area is 180 Å². The van der Waals surface area contributed by atoms with Crippen molar-refractivity contribution in [2.24, 2.45) is 5.10 Å². The standard InChI is InChI=1S/C22H17IN2O4/c1-2-27-17-7-9-20-15(11-17)12-21(29-20)22(26)25-24-13-18-8-10-19(28-18)14-3-5-16(23)6-4-14/h3-13H,2H2,1H3,(H,25,26)/b24-13+. The van der Waals surface area contributed by atoms with Crippen molar-refractivity contribution >= 4 is 45.7 Å². The molecule has 0 atom stereocenters. The first-order chi connectivity index (χ1) is 14.1. The van der Waals surface area contributed by atoms with Crippen LogP contribution in [0, 0.1) is 3.57 Å². The molecule has 0 spiro atoms. The van der Waals surface area contributed by atoms with E-state index in [1.165, 1.54) is 6.21 Å². The number of rotatable bonds is 6. The normalized spacial score (nSPS) is 11.2. The van der Waals surface area contributed by atoms with Gasteiger partial charge in [-0.2, -0.15) is 5.10 Å². The highest BCUT2D eigenvalue weighted by Crippen LogP contribution is 2.25. The number of halogens is 1. The predicted octanol–water partition coefficient (Wildman–Crippen LogP) is 5.46. The molecule has 1 amide bonds. The molecule has 29 heavy (non-hydrogen) atoms. The van der Waals surface area contributed by atoms with Gasteiger partial charge in [-0.3, -0.25) is 4.79 Å². The van der Waals surface area contributed by atoms with Crippen LogP contribution in [0.2, 0.25) is 0 Å². The highest BCUT2D eigenvalue weighted by atomic mass is 127. The molecule has 2 aromatic heterocycles. The molecule has 0 bridgehead atoms. The molecule has 1 N–H and O–H groups in total. The number of nitrogens with zero attached hydrogens (tertiary/aromatic N) is 1. The smallest absolute Gasteiger partial charge is 0.307 e. The Bertz CT molecular complexity index is 1180. The average Bonchev–Trinajstić information content (AvgIpc) is 3.35. The molecule has 6 nitrogen and oxygen atoms in total. The van der Waals surface area contributed by atoms with Crippen LogP contribution < -0.4 is 10.2 Å². The first-order valence-electron chi connectivity index (χ1n) is 8.98. The van der Waals surface area contributed by atoms with E-state index in [9.17, 15) is 4.79 Å². The molecule has 0 fully saturated rings. The minimum atomic E-state index is -0.445. The van der Waals surface area contributed by atoms with Crippen molar-refractivity contribution in [3.05, 3.63) is 75.8 Å². The zero-order valence-electron chi connectivity index (χ0n) is 15.5. The van der Waals surface area contributed by atoms with E-state index >= 15 is 0 Å². The number of amides is 1. The molecular formula is C22H17IN2O4. The Morgan fingerprint density at radius 2 is 1.93 bits per heavy atom. The Balaban J connectivity index is 1.42. The van der Waals surface area contributed by atoms with Gasteiger partial charge in [-0.25, -0.2) is 5.43 Å². The number of ether oxygens (including phenoxy) is 1. The van der Waals surface area contributed by atoms with Crippen molar-refractivity contribution in [1.29, 1.82) is 0 Å². The average molecular weight is 500 g/mol. The van der Waals surface area contributed by atoms with Gasteiger partial charge in [-0.15, -0.1) is 0 Å². The fourth-order valence-electron chi connectivity index (χ4n) is 2.79. The molecular weight excluding hydrogens is 483 g/mol. The fraction of sp³-hybridized carbons (Fsp3) is 0.0909. The minimum Gasteiger partial charge on any atom is -0.494 e. The summed E-state index contributed by atoms with van der Waals surface area (Å²) in [5.74, 6) is 1.72. The van der Waals surface area contributed by atoms with Crippen molar-refractivity contribution in [2.45, 2.75) is 6.92 Å². The second-order valence-corrected chi connectivity index (χ2v) is 7.40. The van der Waals surface area contributed by atoms with Crippen molar-refractivity contribution in [1.82, 2.24) is 5.43 Å². The van der Waals surface area contributed by atoms with Crippen LogP contribution in [0.3, 0.4) is 0 Å². The number of hydrazone groups is 1.